The van der Waals surface area contributed by atoms with Crippen molar-refractivity contribution in [3.05, 3.63) is 377 Å². The Morgan fingerprint density at radius 3 is 1.81 bits per heavy atom. The molecular weight excluding hydrogens is 2340 g/mol. The number of aromatic carboxylic acids is 1. The summed E-state index contributed by atoms with van der Waals surface area (Å²) < 4.78 is 79.3. The van der Waals surface area contributed by atoms with Gasteiger partial charge in [-0.25, -0.2) is 29.9 Å². The maximum absolute atomic E-state index is 13.1. The molecule has 15 aromatic rings. The predicted octanol–water partition coefficient (Wildman–Crippen LogP) is 19.3. The van der Waals surface area contributed by atoms with Gasteiger partial charge in [0.25, 0.3) is 0 Å². The average Bonchev–Trinajstić information content (AvgIpc) is 1.12. The van der Waals surface area contributed by atoms with Gasteiger partial charge < -0.3 is 50.0 Å². The number of para-hydroxylation sites is 3. The number of nitrogens with zero attached hydrogens (tertiary/aromatic N) is 13. The number of aromatic nitrogens is 9. The number of carbonyl (C=O) groups excluding carboxylic acids is 1. The van der Waals surface area contributed by atoms with E-state index in [9.17, 15) is 22.8 Å². The molecule has 11 heterocycles. The van der Waals surface area contributed by atoms with E-state index in [0.29, 0.717) is 17.0 Å². The third-order valence-corrected chi connectivity index (χ3v) is 16.1. The topological polar surface area (TPSA) is 205 Å². The van der Waals surface area contributed by atoms with E-state index in [1.54, 1.807) is 72.5 Å². The van der Waals surface area contributed by atoms with E-state index in [4.69, 9.17) is 17.1 Å². The fraction of sp³-hybridized carbons (Fsp3) is 0.0575. The Morgan fingerprint density at radius 2 is 1.25 bits per heavy atom. The van der Waals surface area contributed by atoms with Crippen LogP contribution in [-0.4, -0.2) is 80.9 Å². The first-order chi connectivity index (χ1) is 54.6. The second kappa shape index (κ2) is 48.4. The largest absolute Gasteiger partial charge is 3.00 e. The molecule has 4 radical (unpaired) electrons. The minimum absolute atomic E-state index is 0. The van der Waals surface area contributed by atoms with Gasteiger partial charge in [0.05, 0.1) is 24.0 Å². The number of aliphatic hydroxyl groups is 1. The van der Waals surface area contributed by atoms with Gasteiger partial charge in [0.1, 0.15) is 17.6 Å². The van der Waals surface area contributed by atoms with Gasteiger partial charge in [-0.05, 0) is 140 Å². The normalized spacial score (nSPS) is 11.6. The molecule has 0 spiro atoms. The Morgan fingerprint density at radius 1 is 0.602 bits per heavy atom. The summed E-state index contributed by atoms with van der Waals surface area (Å²) >= 11 is 1.73. The van der Waals surface area contributed by atoms with Crippen molar-refractivity contribution in [3.63, 3.8) is 0 Å². The van der Waals surface area contributed by atoms with Crippen LogP contribution in [0.5, 0.6) is 0 Å². The van der Waals surface area contributed by atoms with Gasteiger partial charge in [-0.15, -0.1) is 59.2 Å². The van der Waals surface area contributed by atoms with Gasteiger partial charge in [0.2, 0.25) is 0 Å². The number of benzene rings is 6. The molecule has 113 heavy (non-hydrogen) atoms. The summed E-state index contributed by atoms with van der Waals surface area (Å²) in [6.07, 6.45) is 16.4. The van der Waals surface area contributed by atoms with Crippen molar-refractivity contribution in [1.29, 1.82) is 0 Å². The molecule has 2 aliphatic rings. The van der Waals surface area contributed by atoms with E-state index in [2.05, 4.69) is 141 Å². The van der Waals surface area contributed by atoms with Crippen molar-refractivity contribution in [1.82, 2.24) is 50.0 Å². The molecule has 0 amide bonds. The van der Waals surface area contributed by atoms with E-state index in [0.717, 1.165) is 61.4 Å². The van der Waals surface area contributed by atoms with Gasteiger partial charge in [0.15, 0.2) is 5.78 Å². The van der Waals surface area contributed by atoms with Crippen molar-refractivity contribution in [2.24, 2.45) is 0 Å². The van der Waals surface area contributed by atoms with Crippen LogP contribution in [-0.2, 0) is 105 Å². The molecule has 26 heteroatoms. The van der Waals surface area contributed by atoms with Crippen molar-refractivity contribution < 1.29 is 140 Å². The zero-order chi connectivity index (χ0) is 80.3. The molecule has 0 unspecified atom stereocenters. The number of ketones is 1. The van der Waals surface area contributed by atoms with E-state index < -0.39 is 23.9 Å². The second-order valence-electron chi connectivity index (χ2n) is 22.9. The van der Waals surface area contributed by atoms with Crippen molar-refractivity contribution in [3.8, 4) is 55.7 Å². The number of hydrogen-bond donors (Lipinski definition) is 2. The number of hydrogen-bond acceptors (Lipinski definition) is 16. The number of carboxylic acids is 1. The fourth-order valence-electron chi connectivity index (χ4n) is 10.1. The second-order valence-corrected chi connectivity index (χ2v) is 23.9. The molecule has 0 bridgehead atoms. The van der Waals surface area contributed by atoms with Gasteiger partial charge in [-0.3, -0.25) is 29.1 Å². The van der Waals surface area contributed by atoms with Crippen molar-refractivity contribution >= 4 is 66.7 Å². The Hall–Kier alpha value is -10.5. The molecule has 17 rings (SSSR count). The molecule has 582 valence electrons. The molecule has 2 aliphatic heterocycles. The standard InChI is InChI=1S/C21H16N2.C14H12N2.C13H8NS.C10H5F2N2.C10H9FN2.C8H6N3.C6H5NO2.C5H8O2.5Ir/c1-15-13-20(23-14-19(15)16-7-3-2-4-8-16)21-18-10-6-5-9-17(18)11-12-22-21;1-15-11-16(12-7-3-2-4-8-12)14-10-6-5-9-13(14)15;1-2-7-12-10(5-1)9-13(15-12)11-6-3-4-8-14-11;11-9-5-4-7(10(12)14-9)8-3-1-2-6-13-8;1-12-6-7-13(8-12)10-4-2-9(11)3-5-10;1-2-5-9-7(3-1)8-4-6-10-11-8;8-6(9)5-3-1-2-4-7-5;1-4(6)3-5(2)7;;;;;/h2-14H,1H3;2-7,9-11H,1H3;1-8H;1-3,5-6H;2-4,6-8H,1H3;1-6H;1-4H,(H,8,9);3,6H,1-2H3;;;;;/q;-2;2*-1;-2;-1;;;;;;;+3/i2D,3D,4D,7D,8D;;;;;;;;;;;;. The Kier molecular flexibility index (Phi) is 36.4. The van der Waals surface area contributed by atoms with Crippen LogP contribution in [0.2, 0.25) is 0 Å². The van der Waals surface area contributed by atoms with E-state index in [1.165, 1.54) is 72.0 Å². The van der Waals surface area contributed by atoms with Crippen molar-refractivity contribution in [2.45, 2.75) is 20.8 Å². The van der Waals surface area contributed by atoms with Crippen LogP contribution in [0.1, 0.15) is 36.8 Å². The quantitative estimate of drug-likeness (QED) is 0.0597. The first-order valence-corrected chi connectivity index (χ1v) is 33.8. The van der Waals surface area contributed by atoms with Gasteiger partial charge in [0, 0.05) is 169 Å². The van der Waals surface area contributed by atoms with Gasteiger partial charge in [-0.2, -0.15) is 49.7 Å². The summed E-state index contributed by atoms with van der Waals surface area (Å²) in [5.74, 6) is -3.10. The van der Waals surface area contributed by atoms with Crippen LogP contribution in [0.3, 0.4) is 0 Å². The van der Waals surface area contributed by atoms with Gasteiger partial charge >= 0.3 is 26.1 Å². The number of aliphatic hydroxyl groups excluding tert-OH is 1. The molecule has 0 aliphatic carbocycles. The SMILES string of the molecule is CC(=O)C=C(C)O.CN1C=CN(c2[c-]cc(F)cc2)[CH-]1.CN1[CH-]N(c2[c-]cccc2)c2ccccc21.Fc1c[c-]c(-c2ccccn2)c(F)n1.O=C(O)c1ccccn1.[2H]c1c([2H])c([2H])c(-c2cnc(-c3nccc4ccccc34)cc2C)c([2H])c1[2H].[Ir+3].[Ir].[Ir].[Ir].[Ir].[c-]1c(-c2ccccn2)sc2ccccc12.c1ccc(-c2ccn[n-]2)nc1. The maximum atomic E-state index is 13.1. The molecule has 0 fully saturated rings. The first-order valence-electron chi connectivity index (χ1n) is 35.5. The summed E-state index contributed by atoms with van der Waals surface area (Å²) in [5.41, 5.74) is 10.4. The third kappa shape index (κ3) is 28.3. The number of halogens is 3. The summed E-state index contributed by atoms with van der Waals surface area (Å²) in [6.45, 7) is 8.66. The van der Waals surface area contributed by atoms with E-state index in [-0.39, 0.29) is 159 Å². The smallest absolute Gasteiger partial charge is 0.574 e. The summed E-state index contributed by atoms with van der Waals surface area (Å²) in [7, 11) is 3.99. The molecule has 2 N–H and O–H groups in total. The molecule has 17 nitrogen and oxygen atoms in total. The Bertz CT molecular complexity index is 5660. The molecule has 6 aromatic carbocycles. The van der Waals surface area contributed by atoms with Crippen molar-refractivity contribution in [2.75, 3.05) is 28.8 Å². The predicted molar refractivity (Wildman–Crippen MR) is 420 cm³/mol. The van der Waals surface area contributed by atoms with Crippen LogP contribution >= 0.6 is 11.3 Å². The monoisotopic (exact) mass is 2420 g/mol. The van der Waals surface area contributed by atoms with Gasteiger partial charge in [-0.1, -0.05) is 139 Å². The van der Waals surface area contributed by atoms with Crippen LogP contribution in [0.4, 0.5) is 35.9 Å². The zero-order valence-electron chi connectivity index (χ0n) is 65.4. The number of aryl methyl sites for hydroxylation is 1. The summed E-state index contributed by atoms with van der Waals surface area (Å²) in [5, 5.41) is 27.5. The fourth-order valence-corrected chi connectivity index (χ4v) is 11.0. The van der Waals surface area contributed by atoms with Crippen LogP contribution in [0, 0.1) is 62.2 Å². The average molecular weight is 2420 g/mol. The molecule has 0 saturated heterocycles. The molecule has 9 aromatic heterocycles. The third-order valence-electron chi connectivity index (χ3n) is 15.0. The summed E-state index contributed by atoms with van der Waals surface area (Å²) in [4.78, 5) is 57.3. The van der Waals surface area contributed by atoms with Crippen LogP contribution < -0.4 is 19.8 Å². The number of allylic oxidation sites excluding steroid dienone is 2. The minimum Gasteiger partial charge on any atom is -0.574 e. The summed E-state index contributed by atoms with van der Waals surface area (Å²) in [6, 6.07) is 75.3. The van der Waals surface area contributed by atoms with Crippen LogP contribution in [0.15, 0.2) is 310 Å². The van der Waals surface area contributed by atoms with Crippen LogP contribution in [0.25, 0.3) is 76.6 Å². The number of thiophene rings is 1. The molecular formula is C87H69F3Ir5N13O4S-4. The zero-order valence-corrected chi connectivity index (χ0v) is 73.2. The van der Waals surface area contributed by atoms with E-state index >= 15 is 0 Å². The number of fused-ring (bicyclic) bond motifs is 3. The van der Waals surface area contributed by atoms with E-state index in [1.807, 2.05) is 152 Å². The first kappa shape index (κ1) is 84.9. The molecule has 0 saturated carbocycles. The number of rotatable bonds is 9. The molecule has 0 atom stereocenters. The Labute approximate surface area is 732 Å². The maximum Gasteiger partial charge on any atom is 3.00 e. The number of anilines is 4. The minimum atomic E-state index is -0.990. The number of pyridine rings is 7. The number of carbonyl (C=O) groups is 2. The Balaban J connectivity index is 0.000000247. The number of carboxylic acid groups (broad SMARTS) is 1.